The van der Waals surface area contributed by atoms with Crippen LogP contribution in [0.5, 0.6) is 0 Å². The minimum Gasteiger partial charge on any atom is -0.452 e. The Kier molecular flexibility index (Phi) is 6.78. The first-order chi connectivity index (χ1) is 11.6. The molecule has 6 heteroatoms. The number of nitrogens with one attached hydrogen (secondary N) is 1. The van der Waals surface area contributed by atoms with Crippen LogP contribution in [-0.2, 0) is 27.4 Å². The highest BCUT2D eigenvalue weighted by Crippen LogP contribution is 2.09. The Labute approximate surface area is 145 Å². The van der Waals surface area contributed by atoms with Crippen LogP contribution in [0.1, 0.15) is 21.5 Å². The highest BCUT2D eigenvalue weighted by Gasteiger charge is 2.10. The van der Waals surface area contributed by atoms with Crippen LogP contribution < -0.4 is 5.32 Å². The van der Waals surface area contributed by atoms with Crippen molar-refractivity contribution in [3.05, 3.63) is 70.2 Å². The van der Waals surface area contributed by atoms with Gasteiger partial charge in [0, 0.05) is 18.7 Å². The van der Waals surface area contributed by atoms with Crippen molar-refractivity contribution in [3.8, 4) is 0 Å². The summed E-state index contributed by atoms with van der Waals surface area (Å²) < 4.78 is 9.99. The molecule has 0 unspecified atom stereocenters. The molecule has 0 aliphatic heterocycles. The number of methoxy groups -OCH3 is 1. The lowest BCUT2D eigenvalue weighted by Gasteiger charge is -2.07. The highest BCUT2D eigenvalue weighted by molar-refractivity contribution is 6.30. The SMILES string of the molecule is COCc1ccc(C(=O)OCC(=O)NCc2ccc(Cl)cc2)cc1. The van der Waals surface area contributed by atoms with Gasteiger partial charge in [0.15, 0.2) is 6.61 Å². The Morgan fingerprint density at radius 2 is 1.62 bits per heavy atom. The number of carbonyl (C=O) groups excluding carboxylic acids is 2. The molecule has 0 radical (unpaired) electrons. The monoisotopic (exact) mass is 347 g/mol. The third-order valence-electron chi connectivity index (χ3n) is 3.24. The number of esters is 1. The third-order valence-corrected chi connectivity index (χ3v) is 3.49. The van der Waals surface area contributed by atoms with E-state index in [0.29, 0.717) is 23.7 Å². The van der Waals surface area contributed by atoms with Crippen LogP contribution in [0.3, 0.4) is 0 Å². The zero-order valence-electron chi connectivity index (χ0n) is 13.3. The second kappa shape index (κ2) is 9.05. The molecule has 2 rings (SSSR count). The van der Waals surface area contributed by atoms with Crippen molar-refractivity contribution in [2.75, 3.05) is 13.7 Å². The fourth-order valence-electron chi connectivity index (χ4n) is 1.97. The smallest absolute Gasteiger partial charge is 0.338 e. The fourth-order valence-corrected chi connectivity index (χ4v) is 2.10. The van der Waals surface area contributed by atoms with Gasteiger partial charge in [0.05, 0.1) is 12.2 Å². The van der Waals surface area contributed by atoms with Crippen molar-refractivity contribution in [3.63, 3.8) is 0 Å². The summed E-state index contributed by atoms with van der Waals surface area (Å²) in [5.41, 5.74) is 2.25. The Morgan fingerprint density at radius 1 is 1.00 bits per heavy atom. The zero-order valence-corrected chi connectivity index (χ0v) is 14.0. The molecule has 0 spiro atoms. The van der Waals surface area contributed by atoms with E-state index in [1.807, 2.05) is 12.1 Å². The van der Waals surface area contributed by atoms with Crippen LogP contribution in [0.25, 0.3) is 0 Å². The van der Waals surface area contributed by atoms with E-state index in [0.717, 1.165) is 11.1 Å². The highest BCUT2D eigenvalue weighted by atomic mass is 35.5. The van der Waals surface area contributed by atoms with Gasteiger partial charge < -0.3 is 14.8 Å². The van der Waals surface area contributed by atoms with Crippen LogP contribution in [-0.4, -0.2) is 25.6 Å². The van der Waals surface area contributed by atoms with Crippen LogP contribution in [0, 0.1) is 0 Å². The second-order valence-electron chi connectivity index (χ2n) is 5.11. The van der Waals surface area contributed by atoms with E-state index in [1.165, 1.54) is 0 Å². The van der Waals surface area contributed by atoms with Gasteiger partial charge in [0.25, 0.3) is 5.91 Å². The Bertz CT molecular complexity index is 683. The molecular formula is C18H18ClNO4. The molecule has 126 valence electrons. The first-order valence-electron chi connectivity index (χ1n) is 7.34. The summed E-state index contributed by atoms with van der Waals surface area (Å²) in [6.45, 7) is 0.494. The van der Waals surface area contributed by atoms with Gasteiger partial charge in [-0.15, -0.1) is 0 Å². The van der Waals surface area contributed by atoms with Gasteiger partial charge >= 0.3 is 5.97 Å². The van der Waals surface area contributed by atoms with E-state index >= 15 is 0 Å². The predicted octanol–water partition coefficient (Wildman–Crippen LogP) is 2.96. The molecule has 2 aromatic rings. The maximum Gasteiger partial charge on any atom is 0.338 e. The van der Waals surface area contributed by atoms with E-state index in [9.17, 15) is 9.59 Å². The van der Waals surface area contributed by atoms with Crippen molar-refractivity contribution in [2.45, 2.75) is 13.2 Å². The number of halogens is 1. The topological polar surface area (TPSA) is 64.6 Å². The van der Waals surface area contributed by atoms with Crippen molar-refractivity contribution >= 4 is 23.5 Å². The standard InChI is InChI=1S/C18H18ClNO4/c1-23-11-14-2-6-15(7-3-14)18(22)24-12-17(21)20-10-13-4-8-16(19)9-5-13/h2-9H,10-12H2,1H3,(H,20,21). The second-order valence-corrected chi connectivity index (χ2v) is 5.55. The summed E-state index contributed by atoms with van der Waals surface area (Å²) in [4.78, 5) is 23.6. The molecule has 1 N–H and O–H groups in total. The van der Waals surface area contributed by atoms with Crippen molar-refractivity contribution < 1.29 is 19.1 Å². The maximum atomic E-state index is 11.9. The van der Waals surface area contributed by atoms with Crippen LogP contribution in [0.2, 0.25) is 5.02 Å². The summed E-state index contributed by atoms with van der Waals surface area (Å²) in [6, 6.07) is 14.0. The Morgan fingerprint density at radius 3 is 2.25 bits per heavy atom. The number of ether oxygens (including phenoxy) is 2. The summed E-state index contributed by atoms with van der Waals surface area (Å²) in [7, 11) is 1.60. The quantitative estimate of drug-likeness (QED) is 0.782. The lowest BCUT2D eigenvalue weighted by molar-refractivity contribution is -0.124. The molecule has 0 aliphatic carbocycles. The molecule has 0 fully saturated rings. The van der Waals surface area contributed by atoms with Crippen molar-refractivity contribution in [1.29, 1.82) is 0 Å². The lowest BCUT2D eigenvalue weighted by Crippen LogP contribution is -2.28. The van der Waals surface area contributed by atoms with Crippen LogP contribution >= 0.6 is 11.6 Å². The van der Waals surface area contributed by atoms with E-state index < -0.39 is 5.97 Å². The molecule has 0 saturated heterocycles. The van der Waals surface area contributed by atoms with Crippen molar-refractivity contribution in [1.82, 2.24) is 5.32 Å². The van der Waals surface area contributed by atoms with E-state index in [2.05, 4.69) is 5.32 Å². The molecule has 24 heavy (non-hydrogen) atoms. The summed E-state index contributed by atoms with van der Waals surface area (Å²) in [6.07, 6.45) is 0. The number of hydrogen-bond acceptors (Lipinski definition) is 4. The fraction of sp³-hybridized carbons (Fsp3) is 0.222. The van der Waals surface area contributed by atoms with Gasteiger partial charge in [-0.3, -0.25) is 4.79 Å². The predicted molar refractivity (Wildman–Crippen MR) is 90.7 cm³/mol. The number of carbonyl (C=O) groups is 2. The van der Waals surface area contributed by atoms with Gasteiger partial charge in [-0.25, -0.2) is 4.79 Å². The summed E-state index contributed by atoms with van der Waals surface area (Å²) in [5.74, 6) is -0.907. The molecule has 1 amide bonds. The van der Waals surface area contributed by atoms with E-state index in [1.54, 1.807) is 43.5 Å². The Balaban J connectivity index is 1.76. The Hall–Kier alpha value is -2.37. The van der Waals surface area contributed by atoms with Gasteiger partial charge in [0.2, 0.25) is 0 Å². The maximum absolute atomic E-state index is 11.9. The average molecular weight is 348 g/mol. The molecule has 0 aromatic heterocycles. The first-order valence-corrected chi connectivity index (χ1v) is 7.72. The number of amides is 1. The molecule has 0 atom stereocenters. The van der Waals surface area contributed by atoms with E-state index in [-0.39, 0.29) is 12.5 Å². The summed E-state index contributed by atoms with van der Waals surface area (Å²) >= 11 is 5.79. The zero-order chi connectivity index (χ0) is 17.4. The minimum absolute atomic E-state index is 0.327. The van der Waals surface area contributed by atoms with Gasteiger partial charge in [-0.1, -0.05) is 35.9 Å². The number of hydrogen-bond donors (Lipinski definition) is 1. The molecule has 2 aromatic carbocycles. The lowest BCUT2D eigenvalue weighted by atomic mass is 10.1. The number of benzene rings is 2. The van der Waals surface area contributed by atoms with Gasteiger partial charge in [0.1, 0.15) is 0 Å². The molecule has 0 bridgehead atoms. The molecule has 0 heterocycles. The van der Waals surface area contributed by atoms with Gasteiger partial charge in [-0.05, 0) is 35.4 Å². The number of rotatable bonds is 7. The van der Waals surface area contributed by atoms with Crippen molar-refractivity contribution in [2.24, 2.45) is 0 Å². The van der Waals surface area contributed by atoms with Crippen LogP contribution in [0.4, 0.5) is 0 Å². The third kappa shape index (κ3) is 5.68. The van der Waals surface area contributed by atoms with E-state index in [4.69, 9.17) is 21.1 Å². The van der Waals surface area contributed by atoms with Gasteiger partial charge in [-0.2, -0.15) is 0 Å². The average Bonchev–Trinajstić information content (AvgIpc) is 2.60. The largest absolute Gasteiger partial charge is 0.452 e. The van der Waals surface area contributed by atoms with Crippen LogP contribution in [0.15, 0.2) is 48.5 Å². The molecule has 0 aliphatic rings. The first kappa shape index (κ1) is 18.0. The molecule has 5 nitrogen and oxygen atoms in total. The minimum atomic E-state index is -0.541. The molecular weight excluding hydrogens is 330 g/mol. The normalized spacial score (nSPS) is 10.2. The summed E-state index contributed by atoms with van der Waals surface area (Å²) in [5, 5.41) is 3.31. The molecule has 0 saturated carbocycles.